The molecule has 1 aliphatic rings. The van der Waals surface area contributed by atoms with Crippen LogP contribution in [0.5, 0.6) is 5.75 Å². The molecule has 0 amide bonds. The molecular weight excluding hydrogens is 409 g/mol. The Morgan fingerprint density at radius 3 is 2.30 bits per heavy atom. The van der Waals surface area contributed by atoms with Crippen molar-refractivity contribution in [3.63, 3.8) is 0 Å². The number of nitrogens with zero attached hydrogens (tertiary/aromatic N) is 1. The summed E-state index contributed by atoms with van der Waals surface area (Å²) in [6.07, 6.45) is 0.921. The van der Waals surface area contributed by atoms with Crippen LogP contribution in [0.25, 0.3) is 0 Å². The van der Waals surface area contributed by atoms with E-state index in [1.54, 1.807) is 37.4 Å². The molecule has 8 heteroatoms. The van der Waals surface area contributed by atoms with E-state index in [9.17, 15) is 13.2 Å². The van der Waals surface area contributed by atoms with E-state index in [2.05, 4.69) is 0 Å². The molecule has 0 atom stereocenters. The highest BCUT2D eigenvalue weighted by Crippen LogP contribution is 2.31. The van der Waals surface area contributed by atoms with E-state index >= 15 is 0 Å². The van der Waals surface area contributed by atoms with Gasteiger partial charge < -0.3 is 4.74 Å². The van der Waals surface area contributed by atoms with Crippen molar-refractivity contribution in [2.75, 3.05) is 20.2 Å². The molecule has 3 rings (SSSR count). The Bertz CT molecular complexity index is 937. The SMILES string of the molecule is COc1ccc(C(=O)C2CCN(S(=O)(=O)c3cc(Cl)ccc3Cl)CC2)cc1. The van der Waals surface area contributed by atoms with Crippen molar-refractivity contribution in [2.45, 2.75) is 17.7 Å². The fourth-order valence-corrected chi connectivity index (χ4v) is 5.37. The first-order valence-corrected chi connectivity index (χ1v) is 10.7. The van der Waals surface area contributed by atoms with Crippen LogP contribution in [0, 0.1) is 5.92 Å². The monoisotopic (exact) mass is 427 g/mol. The highest BCUT2D eigenvalue weighted by atomic mass is 35.5. The number of piperidine rings is 1. The Hall–Kier alpha value is -1.60. The summed E-state index contributed by atoms with van der Waals surface area (Å²) in [4.78, 5) is 12.7. The van der Waals surface area contributed by atoms with Gasteiger partial charge in [-0.3, -0.25) is 4.79 Å². The van der Waals surface area contributed by atoms with Crippen molar-refractivity contribution >= 4 is 39.0 Å². The summed E-state index contributed by atoms with van der Waals surface area (Å²) in [6.45, 7) is 0.523. The lowest BCUT2D eigenvalue weighted by molar-refractivity contribution is 0.0875. The van der Waals surface area contributed by atoms with Crippen molar-refractivity contribution < 1.29 is 17.9 Å². The van der Waals surface area contributed by atoms with Crippen LogP contribution < -0.4 is 4.74 Å². The second-order valence-electron chi connectivity index (χ2n) is 6.35. The lowest BCUT2D eigenvalue weighted by Crippen LogP contribution is -2.40. The molecule has 1 heterocycles. The molecule has 0 bridgehead atoms. The second kappa shape index (κ2) is 8.19. The summed E-state index contributed by atoms with van der Waals surface area (Å²) in [5, 5.41) is 0.443. The zero-order valence-electron chi connectivity index (χ0n) is 14.7. The molecule has 1 saturated heterocycles. The minimum atomic E-state index is -3.75. The third kappa shape index (κ3) is 4.29. The molecule has 0 N–H and O–H groups in total. The van der Waals surface area contributed by atoms with Crippen LogP contribution in [-0.4, -0.2) is 38.7 Å². The zero-order valence-corrected chi connectivity index (χ0v) is 17.0. The van der Waals surface area contributed by atoms with Crippen molar-refractivity contribution in [3.8, 4) is 5.75 Å². The quantitative estimate of drug-likeness (QED) is 0.667. The predicted octanol–water partition coefficient (Wildman–Crippen LogP) is 4.29. The fraction of sp³-hybridized carbons (Fsp3) is 0.316. The number of ether oxygens (including phenoxy) is 1. The molecule has 0 aliphatic carbocycles. The van der Waals surface area contributed by atoms with Crippen LogP contribution in [0.2, 0.25) is 10.0 Å². The van der Waals surface area contributed by atoms with Crippen molar-refractivity contribution in [1.82, 2.24) is 4.31 Å². The average Bonchev–Trinajstić information content (AvgIpc) is 2.69. The number of rotatable bonds is 5. The van der Waals surface area contributed by atoms with Crippen LogP contribution in [-0.2, 0) is 10.0 Å². The minimum Gasteiger partial charge on any atom is -0.497 e. The Kier molecular flexibility index (Phi) is 6.11. The molecule has 0 spiro atoms. The molecular formula is C19H19Cl2NO4S. The molecule has 0 saturated carbocycles. The van der Waals surface area contributed by atoms with E-state index in [0.717, 1.165) is 0 Å². The van der Waals surface area contributed by atoms with Gasteiger partial charge in [-0.15, -0.1) is 0 Å². The zero-order chi connectivity index (χ0) is 19.6. The topological polar surface area (TPSA) is 63.7 Å². The minimum absolute atomic E-state index is 0.00315. The van der Waals surface area contributed by atoms with Crippen molar-refractivity contribution in [2.24, 2.45) is 5.92 Å². The first kappa shape index (κ1) is 20.1. The lowest BCUT2D eigenvalue weighted by Gasteiger charge is -2.30. The first-order valence-electron chi connectivity index (χ1n) is 8.46. The number of benzene rings is 2. The van der Waals surface area contributed by atoms with Gasteiger partial charge >= 0.3 is 0 Å². The van der Waals surface area contributed by atoms with Crippen LogP contribution in [0.15, 0.2) is 47.4 Å². The van der Waals surface area contributed by atoms with E-state index in [4.69, 9.17) is 27.9 Å². The van der Waals surface area contributed by atoms with E-state index < -0.39 is 10.0 Å². The number of sulfonamides is 1. The van der Waals surface area contributed by atoms with Gasteiger partial charge in [0.05, 0.1) is 12.1 Å². The second-order valence-corrected chi connectivity index (χ2v) is 9.10. The highest BCUT2D eigenvalue weighted by molar-refractivity contribution is 7.89. The van der Waals surface area contributed by atoms with Crippen LogP contribution in [0.4, 0.5) is 0 Å². The molecule has 144 valence electrons. The largest absolute Gasteiger partial charge is 0.497 e. The number of carbonyl (C=O) groups excluding carboxylic acids is 1. The van der Waals surface area contributed by atoms with Crippen LogP contribution in [0.3, 0.4) is 0 Å². The van der Waals surface area contributed by atoms with E-state index in [0.29, 0.717) is 29.2 Å². The van der Waals surface area contributed by atoms with Gasteiger partial charge in [0, 0.05) is 29.6 Å². The third-order valence-corrected chi connectivity index (χ3v) is 7.33. The Morgan fingerprint density at radius 1 is 1.07 bits per heavy atom. The smallest absolute Gasteiger partial charge is 0.244 e. The summed E-state index contributed by atoms with van der Waals surface area (Å²) in [7, 11) is -2.18. The average molecular weight is 428 g/mol. The van der Waals surface area contributed by atoms with E-state index in [1.807, 2.05) is 0 Å². The van der Waals surface area contributed by atoms with Gasteiger partial charge in [0.1, 0.15) is 10.6 Å². The normalized spacial score (nSPS) is 16.3. The van der Waals surface area contributed by atoms with Gasteiger partial charge in [-0.1, -0.05) is 23.2 Å². The molecule has 0 unspecified atom stereocenters. The molecule has 2 aromatic carbocycles. The number of halogens is 2. The predicted molar refractivity (Wildman–Crippen MR) is 105 cm³/mol. The number of hydrogen-bond acceptors (Lipinski definition) is 4. The standard InChI is InChI=1S/C19H19Cl2NO4S/c1-26-16-5-2-13(3-6-16)19(23)14-8-10-22(11-9-14)27(24,25)18-12-15(20)4-7-17(18)21/h2-7,12,14H,8-11H2,1H3. The van der Waals surface area contributed by atoms with Crippen molar-refractivity contribution in [3.05, 3.63) is 58.1 Å². The summed E-state index contributed by atoms with van der Waals surface area (Å²) >= 11 is 12.0. The number of carbonyl (C=O) groups is 1. The Labute approximate surface area is 168 Å². The molecule has 1 fully saturated rings. The maximum absolute atomic E-state index is 12.9. The van der Waals surface area contributed by atoms with Gasteiger partial charge in [-0.2, -0.15) is 4.31 Å². The molecule has 0 radical (unpaired) electrons. The van der Waals surface area contributed by atoms with Gasteiger partial charge in [0.25, 0.3) is 0 Å². The maximum Gasteiger partial charge on any atom is 0.244 e. The summed E-state index contributed by atoms with van der Waals surface area (Å²) in [6, 6.07) is 11.3. The third-order valence-electron chi connectivity index (χ3n) is 4.71. The van der Waals surface area contributed by atoms with Gasteiger partial charge in [0.2, 0.25) is 10.0 Å². The number of ketones is 1. The van der Waals surface area contributed by atoms with Crippen LogP contribution >= 0.6 is 23.2 Å². The summed E-state index contributed by atoms with van der Waals surface area (Å²) in [5.74, 6) is 0.501. The van der Waals surface area contributed by atoms with Gasteiger partial charge in [0.15, 0.2) is 5.78 Å². The lowest BCUT2D eigenvalue weighted by atomic mass is 9.89. The number of Topliss-reactive ketones (excluding diaryl/α,β-unsaturated/α-hetero) is 1. The molecule has 27 heavy (non-hydrogen) atoms. The fourth-order valence-electron chi connectivity index (χ4n) is 3.16. The summed E-state index contributed by atoms with van der Waals surface area (Å²) < 4.78 is 32.2. The number of methoxy groups -OCH3 is 1. The molecule has 2 aromatic rings. The molecule has 1 aliphatic heterocycles. The van der Waals surface area contributed by atoms with Crippen LogP contribution in [0.1, 0.15) is 23.2 Å². The van der Waals surface area contributed by atoms with Crippen molar-refractivity contribution in [1.29, 1.82) is 0 Å². The maximum atomic E-state index is 12.9. The first-order chi connectivity index (χ1) is 12.8. The Balaban J connectivity index is 1.70. The number of hydrogen-bond donors (Lipinski definition) is 0. The van der Waals surface area contributed by atoms with Gasteiger partial charge in [-0.25, -0.2) is 8.42 Å². The van der Waals surface area contributed by atoms with E-state index in [1.165, 1.54) is 16.4 Å². The Morgan fingerprint density at radius 2 is 1.70 bits per heavy atom. The summed E-state index contributed by atoms with van der Waals surface area (Å²) in [5.41, 5.74) is 0.606. The highest BCUT2D eigenvalue weighted by Gasteiger charge is 2.33. The molecule has 0 aromatic heterocycles. The van der Waals surface area contributed by atoms with E-state index in [-0.39, 0.29) is 34.7 Å². The van der Waals surface area contributed by atoms with Gasteiger partial charge in [-0.05, 0) is 55.3 Å². The molecule has 5 nitrogen and oxygen atoms in total.